The van der Waals surface area contributed by atoms with Gasteiger partial charge in [-0.3, -0.25) is 0 Å². The number of rotatable bonds is 24. The Hall–Kier alpha value is -4.54. The monoisotopic (exact) mass is 1110 g/mol. The summed E-state index contributed by atoms with van der Waals surface area (Å²) in [6.07, 6.45) is 24.6. The number of thiophene rings is 6. The molecule has 6 aromatic heterocycles. The number of aryl methyl sites for hydroxylation is 4. The predicted octanol–water partition coefficient (Wildman–Crippen LogP) is 22.7. The van der Waals surface area contributed by atoms with Crippen molar-refractivity contribution in [2.45, 2.75) is 167 Å². The summed E-state index contributed by atoms with van der Waals surface area (Å²) in [4.78, 5) is 5.13. The summed E-state index contributed by atoms with van der Waals surface area (Å²) >= 11 is 11.4. The summed E-state index contributed by atoms with van der Waals surface area (Å²) in [6.45, 7) is 9.19. The molecule has 76 heavy (non-hydrogen) atoms. The molecule has 0 amide bonds. The summed E-state index contributed by atoms with van der Waals surface area (Å²) in [5.41, 5.74) is 11.3. The molecular formula is C68H72O2S6. The molecule has 10 aromatic rings. The lowest BCUT2D eigenvalue weighted by Gasteiger charge is -2.39. The smallest absolute Gasteiger partial charge is 0.187 e. The number of fused-ring (bicyclic) bond motifs is 13. The molecule has 4 aromatic carbocycles. The molecule has 0 unspecified atom stereocenters. The number of benzene rings is 4. The van der Waals surface area contributed by atoms with Crippen molar-refractivity contribution in [2.24, 2.45) is 0 Å². The van der Waals surface area contributed by atoms with Gasteiger partial charge in [-0.05, 0) is 96.5 Å². The van der Waals surface area contributed by atoms with Crippen molar-refractivity contribution in [3.63, 3.8) is 0 Å². The first-order chi connectivity index (χ1) is 37.5. The molecule has 0 spiro atoms. The third-order valence-corrected chi connectivity index (χ3v) is 23.6. The first kappa shape index (κ1) is 52.2. The van der Waals surface area contributed by atoms with Crippen LogP contribution >= 0.6 is 68.0 Å². The first-order valence-electron chi connectivity index (χ1n) is 28.9. The Morgan fingerprint density at radius 2 is 0.618 bits per heavy atom. The molecule has 0 saturated heterocycles. The highest BCUT2D eigenvalue weighted by Gasteiger charge is 2.52. The lowest BCUT2D eigenvalue weighted by atomic mass is 9.78. The normalized spacial score (nSPS) is 14.2. The fraction of sp³-hybridized carbons (Fsp3) is 0.382. The molecule has 2 aliphatic rings. The van der Waals surface area contributed by atoms with Gasteiger partial charge in [0, 0.05) is 42.8 Å². The van der Waals surface area contributed by atoms with E-state index in [-0.39, 0.29) is 0 Å². The summed E-state index contributed by atoms with van der Waals surface area (Å²) in [6, 6.07) is 43.0. The van der Waals surface area contributed by atoms with Crippen LogP contribution in [0.3, 0.4) is 0 Å². The average molecular weight is 1110 g/mol. The van der Waals surface area contributed by atoms with Crippen molar-refractivity contribution in [3.05, 3.63) is 176 Å². The van der Waals surface area contributed by atoms with Crippen LogP contribution < -0.4 is 9.47 Å². The number of unbranched alkanes of at least 4 members (excludes halogenated alkanes) is 12. The van der Waals surface area contributed by atoms with Gasteiger partial charge in [0.05, 0.1) is 38.3 Å². The zero-order chi connectivity index (χ0) is 51.6. The molecule has 12 rings (SSSR count). The molecule has 0 fully saturated rings. The van der Waals surface area contributed by atoms with Crippen LogP contribution in [0.4, 0.5) is 0 Å². The maximum atomic E-state index is 8.15. The second kappa shape index (κ2) is 23.0. The van der Waals surface area contributed by atoms with E-state index in [9.17, 15) is 0 Å². The molecule has 0 aliphatic carbocycles. The lowest BCUT2D eigenvalue weighted by molar-refractivity contribution is 0.157. The van der Waals surface area contributed by atoms with E-state index in [1.165, 1.54) is 206 Å². The number of ether oxygens (including phenoxy) is 2. The molecule has 8 heterocycles. The van der Waals surface area contributed by atoms with Crippen molar-refractivity contribution >= 4 is 96.2 Å². The largest absolute Gasteiger partial charge is 0.470 e. The highest BCUT2D eigenvalue weighted by Crippen LogP contribution is 2.68. The topological polar surface area (TPSA) is 18.5 Å². The van der Waals surface area contributed by atoms with Crippen LogP contribution in [0.5, 0.6) is 11.5 Å². The summed E-state index contributed by atoms with van der Waals surface area (Å²) in [7, 11) is 0. The molecule has 0 radical (unpaired) electrons. The van der Waals surface area contributed by atoms with Crippen molar-refractivity contribution in [3.8, 4) is 31.0 Å². The van der Waals surface area contributed by atoms with Gasteiger partial charge in [0.15, 0.2) is 22.7 Å². The van der Waals surface area contributed by atoms with E-state index in [0.717, 1.165) is 37.2 Å². The minimum atomic E-state index is -0.858. The Morgan fingerprint density at radius 1 is 0.316 bits per heavy atom. The van der Waals surface area contributed by atoms with Gasteiger partial charge in [-0.2, -0.15) is 0 Å². The molecule has 0 atom stereocenters. The van der Waals surface area contributed by atoms with Gasteiger partial charge in [0.25, 0.3) is 0 Å². The minimum Gasteiger partial charge on any atom is -0.470 e. The highest BCUT2D eigenvalue weighted by atomic mass is 32.1. The Balaban J connectivity index is 1.03. The van der Waals surface area contributed by atoms with Crippen LogP contribution in [0.25, 0.3) is 47.7 Å². The maximum Gasteiger partial charge on any atom is 0.187 e. The molecule has 0 bridgehead atoms. The third-order valence-electron chi connectivity index (χ3n) is 16.4. The fourth-order valence-corrected chi connectivity index (χ4v) is 20.0. The summed E-state index contributed by atoms with van der Waals surface area (Å²) < 4.78 is 24.0. The zero-order valence-electron chi connectivity index (χ0n) is 45.0. The van der Waals surface area contributed by atoms with Crippen molar-refractivity contribution < 1.29 is 9.47 Å². The van der Waals surface area contributed by atoms with Gasteiger partial charge in [0.2, 0.25) is 0 Å². The van der Waals surface area contributed by atoms with Crippen LogP contribution in [0.2, 0.25) is 0 Å². The molecule has 0 N–H and O–H groups in total. The molecule has 2 nitrogen and oxygen atoms in total. The number of hydrogen-bond donors (Lipinski definition) is 0. The van der Waals surface area contributed by atoms with Gasteiger partial charge >= 0.3 is 0 Å². The van der Waals surface area contributed by atoms with E-state index in [1.54, 1.807) is 0 Å². The van der Waals surface area contributed by atoms with Crippen LogP contribution in [-0.2, 0) is 36.9 Å². The van der Waals surface area contributed by atoms with Gasteiger partial charge < -0.3 is 9.47 Å². The summed E-state index contributed by atoms with van der Waals surface area (Å²) in [5, 5.41) is 4.55. The molecular weight excluding hydrogens is 1040 g/mol. The standard InChI is InChI=1S/C68H72O2S6/c1-5-9-13-17-21-45-25-33-49(34-26-45)67(50-35-27-46(28-36-50)22-18-14-10-6-2)55-59-53(41-43-71-59)73-61(55)63-57(69-67)65-66(75-63)58-64(76-65)62-56(60-54(74-62)42-44-72-60)68(70-58,51-37-29-47(30-38-51)23-19-15-11-7-3)52-39-31-48(32-40-52)24-20-16-12-8-4/h25-44H,5-24H2,1-4H3. The maximum absolute atomic E-state index is 8.15. The van der Waals surface area contributed by atoms with E-state index in [1.807, 2.05) is 68.0 Å². The van der Waals surface area contributed by atoms with Gasteiger partial charge in [-0.25, -0.2) is 0 Å². The second-order valence-electron chi connectivity index (χ2n) is 21.6. The highest BCUT2D eigenvalue weighted by molar-refractivity contribution is 7.37. The predicted molar refractivity (Wildman–Crippen MR) is 335 cm³/mol. The van der Waals surface area contributed by atoms with E-state index < -0.39 is 11.2 Å². The van der Waals surface area contributed by atoms with Crippen LogP contribution in [-0.4, -0.2) is 0 Å². The Kier molecular flexibility index (Phi) is 15.8. The fourth-order valence-electron chi connectivity index (χ4n) is 12.2. The molecule has 0 saturated carbocycles. The second-order valence-corrected chi connectivity index (χ2v) is 27.6. The Morgan fingerprint density at radius 3 is 0.908 bits per heavy atom. The zero-order valence-corrected chi connectivity index (χ0v) is 49.9. The summed E-state index contributed by atoms with van der Waals surface area (Å²) in [5.74, 6) is 2.00. The van der Waals surface area contributed by atoms with Gasteiger partial charge in [-0.1, -0.05) is 202 Å². The van der Waals surface area contributed by atoms with E-state index in [2.05, 4.69) is 148 Å². The van der Waals surface area contributed by atoms with Crippen molar-refractivity contribution in [1.82, 2.24) is 0 Å². The quantitative estimate of drug-likeness (QED) is 0.0562. The van der Waals surface area contributed by atoms with Gasteiger partial charge in [-0.15, -0.1) is 68.0 Å². The van der Waals surface area contributed by atoms with Crippen molar-refractivity contribution in [1.29, 1.82) is 0 Å². The van der Waals surface area contributed by atoms with E-state index in [0.29, 0.717) is 0 Å². The molecule has 2 aliphatic heterocycles. The van der Waals surface area contributed by atoms with Crippen LogP contribution in [0.15, 0.2) is 120 Å². The van der Waals surface area contributed by atoms with Crippen molar-refractivity contribution in [2.75, 3.05) is 0 Å². The van der Waals surface area contributed by atoms with Crippen LogP contribution in [0, 0.1) is 0 Å². The van der Waals surface area contributed by atoms with E-state index in [4.69, 9.17) is 9.47 Å². The Labute approximate surface area is 475 Å². The lowest BCUT2D eigenvalue weighted by Crippen LogP contribution is -2.38. The Bertz CT molecular complexity index is 3190. The minimum absolute atomic E-state index is 0.858. The SMILES string of the molecule is CCCCCCc1ccc(C2(c3ccc(CCCCCC)cc3)Oc3c(sc4c5c(sc34)-c3sc4ccsc4c3C(c3ccc(CCCCCC)cc3)(c3ccc(CCCCCC)cc3)O5)-c3sc4ccsc4c32)cc1. The first-order valence-corrected chi connectivity index (χ1v) is 33.9. The van der Waals surface area contributed by atoms with Gasteiger partial charge in [0.1, 0.15) is 0 Å². The molecule has 392 valence electrons. The van der Waals surface area contributed by atoms with Crippen LogP contribution in [0.1, 0.15) is 186 Å². The average Bonchev–Trinajstić information content (AvgIpc) is 4.44. The van der Waals surface area contributed by atoms with E-state index >= 15 is 0 Å². The number of hydrogen-bond acceptors (Lipinski definition) is 8. The molecule has 8 heteroatoms. The third kappa shape index (κ3) is 9.46.